The van der Waals surface area contributed by atoms with Gasteiger partial charge in [0.25, 0.3) is 0 Å². The van der Waals surface area contributed by atoms with Crippen LogP contribution in [-0.2, 0) is 9.53 Å². The fourth-order valence-corrected chi connectivity index (χ4v) is 2.23. The van der Waals surface area contributed by atoms with Gasteiger partial charge in [0, 0.05) is 0 Å². The number of hydrogen-bond acceptors (Lipinski definition) is 3. The molecule has 0 saturated heterocycles. The van der Waals surface area contributed by atoms with Crippen LogP contribution in [0.1, 0.15) is 18.1 Å². The molecule has 1 aliphatic heterocycles. The molecule has 0 fully saturated rings. The number of ether oxygens (including phenoxy) is 1. The number of carbonyl (C=O) groups excluding carboxylic acids is 1. The van der Waals surface area contributed by atoms with Crippen molar-refractivity contribution in [1.29, 1.82) is 0 Å². The Labute approximate surface area is 133 Å². The zero-order valence-electron chi connectivity index (χ0n) is 12.5. The smallest absolute Gasteiger partial charge is 0.363 e. The monoisotopic (exact) mass is 307 g/mol. The molecular formula is C19H14FNO2. The Morgan fingerprint density at radius 3 is 2.52 bits per heavy atom. The van der Waals surface area contributed by atoms with Crippen molar-refractivity contribution in [3.05, 3.63) is 88.9 Å². The number of hydrogen-bond donors (Lipinski definition) is 0. The molecule has 0 aromatic heterocycles. The standard InChI is InChI=1S/C19H14FNO2/c1-13(11-14-7-3-2-4-8-14)12-17-19(22)23-18(21-17)15-9-5-6-10-16(15)20/h2-12H,1H3/b13-11+,17-12+. The quantitative estimate of drug-likeness (QED) is 0.632. The van der Waals surface area contributed by atoms with E-state index in [2.05, 4.69) is 4.99 Å². The summed E-state index contributed by atoms with van der Waals surface area (Å²) in [6, 6.07) is 15.8. The Balaban J connectivity index is 1.89. The Morgan fingerprint density at radius 2 is 1.78 bits per heavy atom. The maximum Gasteiger partial charge on any atom is 0.363 e. The Bertz CT molecular complexity index is 835. The van der Waals surface area contributed by atoms with Crippen molar-refractivity contribution in [3.8, 4) is 0 Å². The van der Waals surface area contributed by atoms with Crippen molar-refractivity contribution in [3.63, 3.8) is 0 Å². The molecule has 0 amide bonds. The highest BCUT2D eigenvalue weighted by atomic mass is 19.1. The SMILES string of the molecule is CC(=C\c1ccccc1)/C=C1/N=C(c2ccccc2F)OC1=O. The lowest BCUT2D eigenvalue weighted by Gasteiger charge is -1.99. The average Bonchev–Trinajstić information content (AvgIpc) is 2.89. The minimum Gasteiger partial charge on any atom is -0.402 e. The van der Waals surface area contributed by atoms with Crippen LogP contribution in [0, 0.1) is 5.82 Å². The molecule has 0 aliphatic carbocycles. The predicted octanol–water partition coefficient (Wildman–Crippen LogP) is 4.12. The summed E-state index contributed by atoms with van der Waals surface area (Å²) < 4.78 is 18.8. The number of nitrogens with zero attached hydrogens (tertiary/aromatic N) is 1. The summed E-state index contributed by atoms with van der Waals surface area (Å²) in [5.74, 6) is -1.06. The normalized spacial score (nSPS) is 16.4. The van der Waals surface area contributed by atoms with Gasteiger partial charge in [-0.1, -0.05) is 48.5 Å². The molecule has 1 aliphatic rings. The number of rotatable bonds is 3. The average molecular weight is 307 g/mol. The summed E-state index contributed by atoms with van der Waals surface area (Å²) in [5, 5.41) is 0. The maximum absolute atomic E-state index is 13.7. The van der Waals surface area contributed by atoms with Crippen LogP contribution in [0.15, 0.2) is 76.9 Å². The third-order valence-electron chi connectivity index (χ3n) is 3.28. The van der Waals surface area contributed by atoms with E-state index in [0.717, 1.165) is 11.1 Å². The van der Waals surface area contributed by atoms with Crippen molar-refractivity contribution in [2.75, 3.05) is 0 Å². The van der Waals surface area contributed by atoms with Gasteiger partial charge in [0.05, 0.1) is 5.56 Å². The maximum atomic E-state index is 13.7. The molecule has 3 nitrogen and oxygen atoms in total. The zero-order chi connectivity index (χ0) is 16.2. The van der Waals surface area contributed by atoms with Crippen LogP contribution in [-0.4, -0.2) is 11.9 Å². The molecule has 0 N–H and O–H groups in total. The van der Waals surface area contributed by atoms with Gasteiger partial charge in [0.1, 0.15) is 5.82 Å². The van der Waals surface area contributed by atoms with E-state index < -0.39 is 11.8 Å². The van der Waals surface area contributed by atoms with E-state index in [0.29, 0.717) is 0 Å². The van der Waals surface area contributed by atoms with Crippen molar-refractivity contribution < 1.29 is 13.9 Å². The van der Waals surface area contributed by atoms with Crippen LogP contribution in [0.25, 0.3) is 6.08 Å². The third kappa shape index (κ3) is 3.43. The molecule has 0 atom stereocenters. The van der Waals surface area contributed by atoms with Crippen LogP contribution in [0.4, 0.5) is 4.39 Å². The van der Waals surface area contributed by atoms with Crippen LogP contribution >= 0.6 is 0 Å². The van der Waals surface area contributed by atoms with E-state index in [1.165, 1.54) is 12.1 Å². The minimum atomic E-state index is -0.580. The van der Waals surface area contributed by atoms with Crippen LogP contribution in [0.2, 0.25) is 0 Å². The summed E-state index contributed by atoms with van der Waals surface area (Å²) in [7, 11) is 0. The number of benzene rings is 2. The van der Waals surface area contributed by atoms with Gasteiger partial charge < -0.3 is 4.74 Å². The molecule has 0 radical (unpaired) electrons. The summed E-state index contributed by atoms with van der Waals surface area (Å²) >= 11 is 0. The van der Waals surface area contributed by atoms with Crippen LogP contribution < -0.4 is 0 Å². The van der Waals surface area contributed by atoms with Crippen molar-refractivity contribution in [2.45, 2.75) is 6.92 Å². The summed E-state index contributed by atoms with van der Waals surface area (Å²) in [6.07, 6.45) is 3.56. The number of carbonyl (C=O) groups is 1. The van der Waals surface area contributed by atoms with E-state index in [-0.39, 0.29) is 17.2 Å². The summed E-state index contributed by atoms with van der Waals surface area (Å²) in [6.45, 7) is 1.86. The highest BCUT2D eigenvalue weighted by Crippen LogP contribution is 2.20. The number of aliphatic imine (C=N–C) groups is 1. The van der Waals surface area contributed by atoms with Crippen molar-refractivity contribution in [1.82, 2.24) is 0 Å². The molecule has 1 heterocycles. The number of cyclic esters (lactones) is 1. The first-order valence-electron chi connectivity index (χ1n) is 7.14. The lowest BCUT2D eigenvalue weighted by molar-refractivity contribution is -0.130. The first-order valence-corrected chi connectivity index (χ1v) is 7.14. The molecule has 0 bridgehead atoms. The second-order valence-corrected chi connectivity index (χ2v) is 5.11. The topological polar surface area (TPSA) is 38.7 Å². The minimum absolute atomic E-state index is 0.00754. The van der Waals surface area contributed by atoms with E-state index in [1.807, 2.05) is 43.3 Å². The van der Waals surface area contributed by atoms with Gasteiger partial charge in [-0.2, -0.15) is 0 Å². The van der Waals surface area contributed by atoms with Crippen molar-refractivity contribution >= 4 is 17.9 Å². The number of esters is 1. The molecule has 4 heteroatoms. The first-order chi connectivity index (χ1) is 11.1. The second kappa shape index (κ2) is 6.40. The Morgan fingerprint density at radius 1 is 1.09 bits per heavy atom. The van der Waals surface area contributed by atoms with E-state index in [4.69, 9.17) is 4.74 Å². The lowest BCUT2D eigenvalue weighted by Crippen LogP contribution is -2.07. The van der Waals surface area contributed by atoms with Gasteiger partial charge >= 0.3 is 5.97 Å². The fraction of sp³-hybridized carbons (Fsp3) is 0.0526. The molecule has 2 aromatic carbocycles. The summed E-state index contributed by atoms with van der Waals surface area (Å²) in [4.78, 5) is 16.0. The van der Waals surface area contributed by atoms with Crippen LogP contribution in [0.5, 0.6) is 0 Å². The summed E-state index contributed by atoms with van der Waals surface area (Å²) in [5.41, 5.74) is 2.20. The van der Waals surface area contributed by atoms with Crippen LogP contribution in [0.3, 0.4) is 0 Å². The second-order valence-electron chi connectivity index (χ2n) is 5.11. The molecule has 114 valence electrons. The van der Waals surface area contributed by atoms with E-state index in [9.17, 15) is 9.18 Å². The number of halogens is 1. The molecule has 3 rings (SSSR count). The largest absolute Gasteiger partial charge is 0.402 e. The molecule has 0 spiro atoms. The van der Waals surface area contributed by atoms with Gasteiger partial charge in [0.15, 0.2) is 5.70 Å². The van der Waals surface area contributed by atoms with Gasteiger partial charge in [-0.15, -0.1) is 0 Å². The number of allylic oxidation sites excluding steroid dienone is 2. The first kappa shape index (κ1) is 14.9. The van der Waals surface area contributed by atoms with Gasteiger partial charge in [-0.25, -0.2) is 14.2 Å². The lowest BCUT2D eigenvalue weighted by atomic mass is 10.1. The molecule has 0 unspecified atom stereocenters. The van der Waals surface area contributed by atoms with Gasteiger partial charge in [-0.05, 0) is 36.3 Å². The highest BCUT2D eigenvalue weighted by molar-refractivity contribution is 6.11. The van der Waals surface area contributed by atoms with Crippen molar-refractivity contribution in [2.24, 2.45) is 4.99 Å². The van der Waals surface area contributed by atoms with E-state index >= 15 is 0 Å². The Kier molecular flexibility index (Phi) is 4.15. The molecule has 0 saturated carbocycles. The highest BCUT2D eigenvalue weighted by Gasteiger charge is 2.25. The van der Waals surface area contributed by atoms with Gasteiger partial charge in [0.2, 0.25) is 5.90 Å². The fourth-order valence-electron chi connectivity index (χ4n) is 2.23. The molecule has 2 aromatic rings. The van der Waals surface area contributed by atoms with E-state index in [1.54, 1.807) is 18.2 Å². The predicted molar refractivity (Wildman–Crippen MR) is 87.2 cm³/mol. The molecular weight excluding hydrogens is 293 g/mol. The van der Waals surface area contributed by atoms with Gasteiger partial charge in [-0.3, -0.25) is 0 Å². The third-order valence-corrected chi connectivity index (χ3v) is 3.28. The Hall–Kier alpha value is -3.01. The zero-order valence-corrected chi connectivity index (χ0v) is 12.5. The molecule has 23 heavy (non-hydrogen) atoms.